The lowest BCUT2D eigenvalue weighted by atomic mass is 9.97. The van der Waals surface area contributed by atoms with Gasteiger partial charge in [-0.15, -0.1) is 0 Å². The lowest BCUT2D eigenvalue weighted by molar-refractivity contribution is 0.125. The molecule has 0 saturated carbocycles. The molecule has 2 heteroatoms. The van der Waals surface area contributed by atoms with Crippen molar-refractivity contribution >= 4 is 0 Å². The quantitative estimate of drug-likeness (QED) is 0.599. The van der Waals surface area contributed by atoms with Crippen LogP contribution in [0, 0.1) is 5.92 Å². The molecule has 2 nitrogen and oxygen atoms in total. The van der Waals surface area contributed by atoms with Gasteiger partial charge in [-0.1, -0.05) is 27.2 Å². The van der Waals surface area contributed by atoms with E-state index in [1.165, 1.54) is 0 Å². The van der Waals surface area contributed by atoms with E-state index in [1.54, 1.807) is 6.92 Å². The van der Waals surface area contributed by atoms with Gasteiger partial charge in [0, 0.05) is 6.04 Å². The summed E-state index contributed by atoms with van der Waals surface area (Å²) in [4.78, 5) is 0. The largest absolute Gasteiger partial charge is 0.379 e. The topological polar surface area (TPSA) is 32.3 Å². The van der Waals surface area contributed by atoms with Gasteiger partial charge < -0.3 is 5.11 Å². The van der Waals surface area contributed by atoms with E-state index in [1.807, 2.05) is 0 Å². The first kappa shape index (κ1) is 10.9. The predicted octanol–water partition coefficient (Wildman–Crippen LogP) is 1.74. The normalized spacial score (nSPS) is 19.4. The smallest absolute Gasteiger partial charge is 0.102 e. The zero-order valence-corrected chi connectivity index (χ0v) is 8.09. The van der Waals surface area contributed by atoms with E-state index in [-0.39, 0.29) is 6.23 Å². The van der Waals surface area contributed by atoms with Crippen LogP contribution in [0.2, 0.25) is 0 Å². The lowest BCUT2D eigenvalue weighted by Crippen LogP contribution is -2.40. The average molecular weight is 159 g/mol. The second-order valence-electron chi connectivity index (χ2n) is 3.24. The molecule has 0 radical (unpaired) electrons. The van der Waals surface area contributed by atoms with Crippen molar-refractivity contribution in [2.45, 2.75) is 52.8 Å². The third-order valence-electron chi connectivity index (χ3n) is 2.23. The number of rotatable bonds is 5. The van der Waals surface area contributed by atoms with Crippen molar-refractivity contribution in [3.63, 3.8) is 0 Å². The van der Waals surface area contributed by atoms with Crippen molar-refractivity contribution < 1.29 is 5.11 Å². The standard InChI is InChI=1S/C9H21NO/c1-5-7(3)9(6-2)10-8(4)11/h7-11H,5-6H2,1-4H3/t7-,8?,9?/m1/s1. The van der Waals surface area contributed by atoms with Gasteiger partial charge in [-0.25, -0.2) is 0 Å². The van der Waals surface area contributed by atoms with Crippen LogP contribution in [0.4, 0.5) is 0 Å². The number of hydrogen-bond acceptors (Lipinski definition) is 2. The molecule has 11 heavy (non-hydrogen) atoms. The molecule has 0 aromatic heterocycles. The van der Waals surface area contributed by atoms with E-state index >= 15 is 0 Å². The summed E-state index contributed by atoms with van der Waals surface area (Å²) in [5.74, 6) is 0.648. The Bertz CT molecular complexity index is 93.6. The molecule has 0 bridgehead atoms. The van der Waals surface area contributed by atoms with Crippen molar-refractivity contribution in [2.24, 2.45) is 5.92 Å². The highest BCUT2D eigenvalue weighted by molar-refractivity contribution is 4.70. The number of hydrogen-bond donors (Lipinski definition) is 2. The molecular formula is C9H21NO. The fourth-order valence-corrected chi connectivity index (χ4v) is 1.28. The summed E-state index contributed by atoms with van der Waals surface area (Å²) in [6.45, 7) is 8.30. The number of nitrogens with one attached hydrogen (secondary N) is 1. The van der Waals surface area contributed by atoms with Gasteiger partial charge in [0.1, 0.15) is 6.23 Å². The molecule has 0 saturated heterocycles. The van der Waals surface area contributed by atoms with Gasteiger partial charge in [0.2, 0.25) is 0 Å². The monoisotopic (exact) mass is 159 g/mol. The Morgan fingerprint density at radius 1 is 1.18 bits per heavy atom. The Balaban J connectivity index is 3.74. The van der Waals surface area contributed by atoms with E-state index in [0.717, 1.165) is 12.8 Å². The van der Waals surface area contributed by atoms with Crippen molar-refractivity contribution in [1.82, 2.24) is 5.32 Å². The van der Waals surface area contributed by atoms with Gasteiger partial charge in [0.15, 0.2) is 0 Å². The van der Waals surface area contributed by atoms with Crippen LogP contribution in [-0.4, -0.2) is 17.4 Å². The van der Waals surface area contributed by atoms with Crippen molar-refractivity contribution in [1.29, 1.82) is 0 Å². The third kappa shape index (κ3) is 4.38. The molecule has 0 aliphatic rings. The predicted molar refractivity (Wildman–Crippen MR) is 48.4 cm³/mol. The molecule has 2 unspecified atom stereocenters. The summed E-state index contributed by atoms with van der Waals surface area (Å²) in [5, 5.41) is 12.2. The fraction of sp³-hybridized carbons (Fsp3) is 1.00. The average Bonchev–Trinajstić information content (AvgIpc) is 1.98. The second-order valence-corrected chi connectivity index (χ2v) is 3.24. The minimum Gasteiger partial charge on any atom is -0.379 e. The molecular weight excluding hydrogens is 138 g/mol. The summed E-state index contributed by atoms with van der Waals surface area (Å²) in [6.07, 6.45) is 1.87. The Morgan fingerprint density at radius 3 is 2.00 bits per heavy atom. The summed E-state index contributed by atoms with van der Waals surface area (Å²) in [5.41, 5.74) is 0. The molecule has 0 aromatic carbocycles. The Morgan fingerprint density at radius 2 is 1.73 bits per heavy atom. The van der Waals surface area contributed by atoms with Crippen molar-refractivity contribution in [3.8, 4) is 0 Å². The molecule has 0 aliphatic heterocycles. The van der Waals surface area contributed by atoms with E-state index in [9.17, 15) is 0 Å². The van der Waals surface area contributed by atoms with Gasteiger partial charge in [-0.3, -0.25) is 5.32 Å². The lowest BCUT2D eigenvalue weighted by Gasteiger charge is -2.24. The SMILES string of the molecule is CCC(NC(C)O)[C@H](C)CC. The summed E-state index contributed by atoms with van der Waals surface area (Å²) < 4.78 is 0. The van der Waals surface area contributed by atoms with E-state index in [0.29, 0.717) is 12.0 Å². The molecule has 3 atom stereocenters. The number of aliphatic hydroxyl groups excluding tert-OH is 1. The summed E-state index contributed by atoms with van der Waals surface area (Å²) in [7, 11) is 0. The molecule has 0 amide bonds. The van der Waals surface area contributed by atoms with E-state index in [4.69, 9.17) is 5.11 Å². The van der Waals surface area contributed by atoms with Crippen LogP contribution in [0.3, 0.4) is 0 Å². The Kier molecular flexibility index (Phi) is 5.51. The van der Waals surface area contributed by atoms with Gasteiger partial charge in [-0.05, 0) is 19.3 Å². The molecule has 0 aromatic rings. The van der Waals surface area contributed by atoms with Crippen molar-refractivity contribution in [2.75, 3.05) is 0 Å². The number of aliphatic hydroxyl groups is 1. The Hall–Kier alpha value is -0.0800. The highest BCUT2D eigenvalue weighted by atomic mass is 16.3. The molecule has 2 N–H and O–H groups in total. The molecule has 0 aliphatic carbocycles. The minimum absolute atomic E-state index is 0.381. The summed E-state index contributed by atoms with van der Waals surface area (Å²) >= 11 is 0. The maximum atomic E-state index is 9.09. The van der Waals surface area contributed by atoms with Crippen LogP contribution in [0.5, 0.6) is 0 Å². The molecule has 0 spiro atoms. The van der Waals surface area contributed by atoms with Gasteiger partial charge in [0.05, 0.1) is 0 Å². The molecule has 0 heterocycles. The molecule has 68 valence electrons. The van der Waals surface area contributed by atoms with Crippen molar-refractivity contribution in [3.05, 3.63) is 0 Å². The zero-order chi connectivity index (χ0) is 8.85. The summed E-state index contributed by atoms with van der Waals surface area (Å²) in [6, 6.07) is 0.458. The van der Waals surface area contributed by atoms with Gasteiger partial charge >= 0.3 is 0 Å². The zero-order valence-electron chi connectivity index (χ0n) is 8.09. The first-order valence-corrected chi connectivity index (χ1v) is 4.55. The van der Waals surface area contributed by atoms with Crippen LogP contribution < -0.4 is 5.32 Å². The van der Waals surface area contributed by atoms with Crippen LogP contribution in [-0.2, 0) is 0 Å². The third-order valence-corrected chi connectivity index (χ3v) is 2.23. The molecule has 0 fully saturated rings. The van der Waals surface area contributed by atoms with Crippen LogP contribution in [0.25, 0.3) is 0 Å². The second kappa shape index (κ2) is 5.56. The van der Waals surface area contributed by atoms with Crippen LogP contribution in [0.1, 0.15) is 40.5 Å². The maximum Gasteiger partial charge on any atom is 0.102 e. The molecule has 0 rings (SSSR count). The fourth-order valence-electron chi connectivity index (χ4n) is 1.28. The first-order valence-electron chi connectivity index (χ1n) is 4.55. The van der Waals surface area contributed by atoms with Crippen LogP contribution >= 0.6 is 0 Å². The highest BCUT2D eigenvalue weighted by Gasteiger charge is 2.13. The van der Waals surface area contributed by atoms with E-state index in [2.05, 4.69) is 26.1 Å². The van der Waals surface area contributed by atoms with E-state index < -0.39 is 0 Å². The van der Waals surface area contributed by atoms with Gasteiger partial charge in [-0.2, -0.15) is 0 Å². The Labute approximate surface area is 70.0 Å². The highest BCUT2D eigenvalue weighted by Crippen LogP contribution is 2.10. The minimum atomic E-state index is -0.381. The van der Waals surface area contributed by atoms with Gasteiger partial charge in [0.25, 0.3) is 0 Å². The first-order chi connectivity index (χ1) is 5.11. The maximum absolute atomic E-state index is 9.09. The van der Waals surface area contributed by atoms with Crippen LogP contribution in [0.15, 0.2) is 0 Å².